The number of nitrogens with one attached hydrogen (secondary N) is 1. The van der Waals surface area contributed by atoms with E-state index in [4.69, 9.17) is 11.6 Å². The molecule has 7 nitrogen and oxygen atoms in total. The Bertz CT molecular complexity index is 1130. The van der Waals surface area contributed by atoms with Crippen molar-refractivity contribution >= 4 is 39.1 Å². The molecule has 1 aliphatic rings. The molecular formula is C23H28ClN3O4S. The van der Waals surface area contributed by atoms with Crippen LogP contribution in [0.1, 0.15) is 40.7 Å². The molecule has 32 heavy (non-hydrogen) atoms. The topological polar surface area (TPSA) is 86.8 Å². The molecule has 2 aromatic carbocycles. The highest BCUT2D eigenvalue weighted by atomic mass is 35.5. The largest absolute Gasteiger partial charge is 0.332 e. The molecule has 3 rings (SSSR count). The normalized spacial score (nSPS) is 14.8. The Hall–Kier alpha value is -2.42. The Morgan fingerprint density at radius 3 is 2.44 bits per heavy atom. The molecule has 172 valence electrons. The second-order valence-electron chi connectivity index (χ2n) is 8.13. The molecular weight excluding hydrogens is 450 g/mol. The van der Waals surface area contributed by atoms with Crippen LogP contribution >= 0.6 is 11.6 Å². The number of benzene rings is 2. The predicted octanol–water partition coefficient (Wildman–Crippen LogP) is 3.84. The summed E-state index contributed by atoms with van der Waals surface area (Å²) >= 11 is 6.22. The van der Waals surface area contributed by atoms with Crippen LogP contribution in [0.4, 0.5) is 5.69 Å². The first-order valence-electron chi connectivity index (χ1n) is 10.5. The molecule has 0 atom stereocenters. The minimum absolute atomic E-state index is 0.0281. The van der Waals surface area contributed by atoms with Crippen molar-refractivity contribution in [3.8, 4) is 0 Å². The Morgan fingerprint density at radius 2 is 1.75 bits per heavy atom. The second kappa shape index (κ2) is 10.0. The number of sulfonamides is 1. The van der Waals surface area contributed by atoms with E-state index >= 15 is 0 Å². The van der Waals surface area contributed by atoms with Crippen molar-refractivity contribution < 1.29 is 18.0 Å². The lowest BCUT2D eigenvalue weighted by atomic mass is 10.1. The van der Waals surface area contributed by atoms with Gasteiger partial charge >= 0.3 is 0 Å². The highest BCUT2D eigenvalue weighted by Gasteiger charge is 2.28. The minimum atomic E-state index is -3.71. The van der Waals surface area contributed by atoms with Crippen molar-refractivity contribution in [2.24, 2.45) is 0 Å². The number of carbonyl (C=O) groups is 2. The fourth-order valence-electron chi connectivity index (χ4n) is 3.64. The number of rotatable bonds is 6. The van der Waals surface area contributed by atoms with Gasteiger partial charge in [-0.1, -0.05) is 30.2 Å². The van der Waals surface area contributed by atoms with E-state index in [1.165, 1.54) is 34.5 Å². The van der Waals surface area contributed by atoms with Crippen molar-refractivity contribution in [1.29, 1.82) is 0 Å². The van der Waals surface area contributed by atoms with Gasteiger partial charge in [0.2, 0.25) is 15.9 Å². The van der Waals surface area contributed by atoms with Crippen LogP contribution in [0.15, 0.2) is 41.3 Å². The Balaban J connectivity index is 1.75. The Morgan fingerprint density at radius 1 is 1.06 bits per heavy atom. The predicted molar refractivity (Wildman–Crippen MR) is 126 cm³/mol. The molecule has 0 bridgehead atoms. The zero-order valence-corrected chi connectivity index (χ0v) is 20.1. The molecule has 2 aromatic rings. The van der Waals surface area contributed by atoms with Crippen LogP contribution in [0.5, 0.6) is 0 Å². The SMILES string of the molecule is Cc1ccc(C)c(NC(=O)CN(C)C(=O)c2cc(S(=O)(=O)N3CCCCC3)ccc2Cl)c1. The molecule has 9 heteroatoms. The number of amides is 2. The molecule has 0 unspecified atom stereocenters. The Labute approximate surface area is 194 Å². The first-order chi connectivity index (χ1) is 15.1. The third-order valence-corrected chi connectivity index (χ3v) is 7.74. The lowest BCUT2D eigenvalue weighted by Crippen LogP contribution is -2.36. The van der Waals surface area contributed by atoms with Gasteiger partial charge in [0.05, 0.1) is 22.0 Å². The van der Waals surface area contributed by atoms with Crippen LogP contribution in [0.25, 0.3) is 0 Å². The van der Waals surface area contributed by atoms with E-state index in [2.05, 4.69) is 5.32 Å². The third-order valence-electron chi connectivity index (χ3n) is 5.52. The second-order valence-corrected chi connectivity index (χ2v) is 10.5. The highest BCUT2D eigenvalue weighted by Crippen LogP contribution is 2.26. The van der Waals surface area contributed by atoms with Crippen LogP contribution in [-0.2, 0) is 14.8 Å². The number of anilines is 1. The van der Waals surface area contributed by atoms with Gasteiger partial charge in [0.25, 0.3) is 5.91 Å². The van der Waals surface area contributed by atoms with Gasteiger partial charge in [-0.3, -0.25) is 9.59 Å². The maximum atomic E-state index is 13.0. The molecule has 1 fully saturated rings. The number of nitrogens with zero attached hydrogens (tertiary/aromatic N) is 2. The van der Waals surface area contributed by atoms with Crippen LogP contribution < -0.4 is 5.32 Å². The number of aryl methyl sites for hydroxylation is 2. The summed E-state index contributed by atoms with van der Waals surface area (Å²) in [6.45, 7) is 4.54. The fourth-order valence-corrected chi connectivity index (χ4v) is 5.38. The van der Waals surface area contributed by atoms with Gasteiger partial charge in [-0.15, -0.1) is 0 Å². The summed E-state index contributed by atoms with van der Waals surface area (Å²) in [7, 11) is -2.23. The van der Waals surface area contributed by atoms with E-state index in [1.807, 2.05) is 32.0 Å². The van der Waals surface area contributed by atoms with E-state index in [1.54, 1.807) is 0 Å². The molecule has 0 spiro atoms. The van der Waals surface area contributed by atoms with E-state index in [0.29, 0.717) is 18.8 Å². The summed E-state index contributed by atoms with van der Waals surface area (Å²) in [5.74, 6) is -0.885. The van der Waals surface area contributed by atoms with Crippen LogP contribution in [0, 0.1) is 13.8 Å². The van der Waals surface area contributed by atoms with Crippen molar-refractivity contribution in [3.63, 3.8) is 0 Å². The van der Waals surface area contributed by atoms with Crippen LogP contribution in [0.2, 0.25) is 5.02 Å². The minimum Gasteiger partial charge on any atom is -0.332 e. The van der Waals surface area contributed by atoms with E-state index < -0.39 is 15.9 Å². The summed E-state index contributed by atoms with van der Waals surface area (Å²) in [5.41, 5.74) is 2.65. The van der Waals surface area contributed by atoms with E-state index in [-0.39, 0.29) is 27.9 Å². The standard InChI is InChI=1S/C23H28ClN3O4S/c1-16-7-8-17(2)21(13-16)25-22(28)15-26(3)23(29)19-14-18(9-10-20(19)24)32(30,31)27-11-5-4-6-12-27/h7-10,13-14H,4-6,11-12,15H2,1-3H3,(H,25,28). The van der Waals surface area contributed by atoms with Crippen molar-refractivity contribution in [3.05, 3.63) is 58.1 Å². The fraction of sp³-hybridized carbons (Fsp3) is 0.391. The van der Waals surface area contributed by atoms with Crippen LogP contribution in [0.3, 0.4) is 0 Å². The summed E-state index contributed by atoms with van der Waals surface area (Å²) in [6, 6.07) is 9.85. The number of piperidine rings is 1. The molecule has 1 N–H and O–H groups in total. The molecule has 1 heterocycles. The summed E-state index contributed by atoms with van der Waals surface area (Å²) in [4.78, 5) is 26.7. The molecule has 2 amide bonds. The van der Waals surface area contributed by atoms with Crippen molar-refractivity contribution in [2.45, 2.75) is 38.0 Å². The molecule has 0 radical (unpaired) electrons. The Kier molecular flexibility index (Phi) is 7.59. The molecule has 1 aliphatic heterocycles. The van der Waals surface area contributed by atoms with E-state index in [0.717, 1.165) is 30.4 Å². The zero-order chi connectivity index (χ0) is 23.5. The van der Waals surface area contributed by atoms with Gasteiger partial charge in [0.1, 0.15) is 0 Å². The number of carbonyl (C=O) groups excluding carboxylic acids is 2. The third kappa shape index (κ3) is 5.49. The molecule has 1 saturated heterocycles. The van der Waals surface area contributed by atoms with Gasteiger partial charge in [0, 0.05) is 25.8 Å². The quantitative estimate of drug-likeness (QED) is 0.684. The lowest BCUT2D eigenvalue weighted by molar-refractivity contribution is -0.116. The number of hydrogen-bond acceptors (Lipinski definition) is 4. The number of hydrogen-bond donors (Lipinski definition) is 1. The van der Waals surface area contributed by atoms with Crippen molar-refractivity contribution in [1.82, 2.24) is 9.21 Å². The number of halogens is 1. The summed E-state index contributed by atoms with van der Waals surface area (Å²) in [6.07, 6.45) is 2.64. The summed E-state index contributed by atoms with van der Waals surface area (Å²) in [5, 5.41) is 2.95. The van der Waals surface area contributed by atoms with Gasteiger partial charge in [0.15, 0.2) is 0 Å². The maximum Gasteiger partial charge on any atom is 0.255 e. The average Bonchev–Trinajstić information content (AvgIpc) is 2.76. The zero-order valence-electron chi connectivity index (χ0n) is 18.5. The first-order valence-corrected chi connectivity index (χ1v) is 12.3. The van der Waals surface area contributed by atoms with Gasteiger partial charge in [-0.25, -0.2) is 8.42 Å². The summed E-state index contributed by atoms with van der Waals surface area (Å²) < 4.78 is 27.4. The van der Waals surface area contributed by atoms with Crippen LogP contribution in [-0.4, -0.2) is 56.1 Å². The number of likely N-dealkylation sites (N-methyl/N-ethyl adjacent to an activating group) is 1. The molecule has 0 saturated carbocycles. The molecule has 0 aliphatic carbocycles. The van der Waals surface area contributed by atoms with Gasteiger partial charge in [-0.2, -0.15) is 4.31 Å². The average molecular weight is 478 g/mol. The smallest absolute Gasteiger partial charge is 0.255 e. The molecule has 0 aromatic heterocycles. The van der Waals surface area contributed by atoms with Gasteiger partial charge < -0.3 is 10.2 Å². The monoisotopic (exact) mass is 477 g/mol. The van der Waals surface area contributed by atoms with Crippen molar-refractivity contribution in [2.75, 3.05) is 32.0 Å². The first kappa shape index (κ1) is 24.2. The highest BCUT2D eigenvalue weighted by molar-refractivity contribution is 7.89. The van der Waals surface area contributed by atoms with E-state index in [9.17, 15) is 18.0 Å². The maximum absolute atomic E-state index is 13.0. The lowest BCUT2D eigenvalue weighted by Gasteiger charge is -2.26. The van der Waals surface area contributed by atoms with Gasteiger partial charge in [-0.05, 0) is 62.1 Å².